The number of rotatable bonds is 6. The summed E-state index contributed by atoms with van der Waals surface area (Å²) in [6.45, 7) is 0. The maximum Gasteiger partial charge on any atom is 0.278 e. The van der Waals surface area contributed by atoms with Gasteiger partial charge in [0.25, 0.3) is 11.8 Å². The first kappa shape index (κ1) is 22.2. The van der Waals surface area contributed by atoms with E-state index in [0.29, 0.717) is 28.7 Å². The Labute approximate surface area is 196 Å². The molecule has 2 aromatic heterocycles. The first-order valence-corrected chi connectivity index (χ1v) is 11.1. The average Bonchev–Trinajstić information content (AvgIpc) is 3.28. The molecule has 2 N–H and O–H groups in total. The summed E-state index contributed by atoms with van der Waals surface area (Å²) < 4.78 is 25.2. The van der Waals surface area contributed by atoms with Gasteiger partial charge in [-0.05, 0) is 31.4 Å². The Kier molecular flexibility index (Phi) is 5.86. The minimum absolute atomic E-state index is 0.0317. The normalized spacial score (nSPS) is 23.5. The Bertz CT molecular complexity index is 1180. The van der Waals surface area contributed by atoms with Gasteiger partial charge in [0.05, 0.1) is 43.9 Å². The highest BCUT2D eigenvalue weighted by molar-refractivity contribution is 5.71. The molecule has 4 heterocycles. The van der Waals surface area contributed by atoms with E-state index in [0.717, 1.165) is 19.3 Å². The Morgan fingerprint density at radius 3 is 2.62 bits per heavy atom. The largest absolute Gasteiger partial charge is 0.507 e. The Balaban J connectivity index is 1.35. The van der Waals surface area contributed by atoms with Gasteiger partial charge in [-0.25, -0.2) is 19.3 Å². The fourth-order valence-electron chi connectivity index (χ4n) is 4.73. The monoisotopic (exact) mass is 467 g/mol. The molecule has 0 radical (unpaired) electrons. The van der Waals surface area contributed by atoms with Crippen molar-refractivity contribution in [2.45, 2.75) is 43.6 Å². The lowest BCUT2D eigenvalue weighted by Crippen LogP contribution is -2.55. The van der Waals surface area contributed by atoms with Gasteiger partial charge in [0, 0.05) is 24.7 Å². The van der Waals surface area contributed by atoms with Gasteiger partial charge in [-0.15, -0.1) is 10.2 Å². The molecule has 1 aromatic carbocycles. The fourth-order valence-corrected chi connectivity index (χ4v) is 4.73. The minimum Gasteiger partial charge on any atom is -0.507 e. The second-order valence-electron chi connectivity index (χ2n) is 8.55. The maximum atomic E-state index is 14.9. The van der Waals surface area contributed by atoms with Crippen molar-refractivity contribution >= 4 is 5.82 Å². The summed E-state index contributed by atoms with van der Waals surface area (Å²) >= 11 is 0. The van der Waals surface area contributed by atoms with E-state index < -0.39 is 6.17 Å². The van der Waals surface area contributed by atoms with Crippen LogP contribution in [0.2, 0.25) is 0 Å². The molecule has 2 saturated heterocycles. The number of hydrogen-bond donors (Lipinski definition) is 2. The molecule has 0 unspecified atom stereocenters. The number of phenolic OH excluding ortho intramolecular Hbond substituents is 1. The molecule has 11 heteroatoms. The number of benzene rings is 1. The lowest BCUT2D eigenvalue weighted by Gasteiger charge is -2.38. The number of methoxy groups -OCH3 is 2. The summed E-state index contributed by atoms with van der Waals surface area (Å²) in [6, 6.07) is 4.98. The SMILES string of the molecule is COc1ncc(-c2ccc(-c3ncc(N(C)[C@@H]4C[C@@H]5CC[C@H](N5)[C@@H]4F)nn3)c(O)c2)nc1OC. The molecule has 34 heavy (non-hydrogen) atoms. The molecule has 4 atom stereocenters. The van der Waals surface area contributed by atoms with Crippen molar-refractivity contribution in [2.24, 2.45) is 0 Å². The van der Waals surface area contributed by atoms with Gasteiger partial charge in [0.15, 0.2) is 11.6 Å². The quantitative estimate of drug-likeness (QED) is 0.559. The lowest BCUT2D eigenvalue weighted by atomic mass is 9.96. The Hall–Kier alpha value is -3.60. The van der Waals surface area contributed by atoms with E-state index in [2.05, 4.69) is 30.5 Å². The van der Waals surface area contributed by atoms with Gasteiger partial charge in [-0.2, -0.15) is 0 Å². The summed E-state index contributed by atoms with van der Waals surface area (Å²) in [7, 11) is 4.78. The van der Waals surface area contributed by atoms with Gasteiger partial charge in [0.2, 0.25) is 0 Å². The van der Waals surface area contributed by atoms with Crippen LogP contribution in [0.3, 0.4) is 0 Å². The highest BCUT2D eigenvalue weighted by atomic mass is 19.1. The highest BCUT2D eigenvalue weighted by Crippen LogP contribution is 2.34. The zero-order chi connectivity index (χ0) is 23.8. The zero-order valence-electron chi connectivity index (χ0n) is 19.1. The molecule has 3 aromatic rings. The van der Waals surface area contributed by atoms with Crippen LogP contribution < -0.4 is 19.7 Å². The number of anilines is 1. The van der Waals surface area contributed by atoms with Crippen LogP contribution in [0, 0.1) is 0 Å². The van der Waals surface area contributed by atoms with Crippen molar-refractivity contribution in [3.63, 3.8) is 0 Å². The van der Waals surface area contributed by atoms with Crippen LogP contribution in [0.15, 0.2) is 30.6 Å². The van der Waals surface area contributed by atoms with E-state index in [1.807, 2.05) is 11.9 Å². The number of aromatic nitrogens is 5. The van der Waals surface area contributed by atoms with Crippen molar-refractivity contribution in [2.75, 3.05) is 26.2 Å². The number of ether oxygens (including phenoxy) is 2. The van der Waals surface area contributed by atoms with Gasteiger partial charge in [-0.3, -0.25) is 0 Å². The molecule has 2 fully saturated rings. The lowest BCUT2D eigenvalue weighted by molar-refractivity contribution is 0.176. The van der Waals surface area contributed by atoms with Gasteiger partial charge < -0.3 is 24.8 Å². The second-order valence-corrected chi connectivity index (χ2v) is 8.55. The van der Waals surface area contributed by atoms with Gasteiger partial charge in [0.1, 0.15) is 11.9 Å². The van der Waals surface area contributed by atoms with Gasteiger partial charge in [-0.1, -0.05) is 6.07 Å². The van der Waals surface area contributed by atoms with Crippen molar-refractivity contribution in [1.82, 2.24) is 30.5 Å². The third-order valence-electron chi connectivity index (χ3n) is 6.59. The number of halogens is 1. The number of aromatic hydroxyl groups is 1. The van der Waals surface area contributed by atoms with E-state index >= 15 is 0 Å². The highest BCUT2D eigenvalue weighted by Gasteiger charge is 2.43. The molecule has 0 saturated carbocycles. The number of piperidine rings is 1. The van der Waals surface area contributed by atoms with Crippen LogP contribution in [0.25, 0.3) is 22.6 Å². The number of nitrogens with one attached hydrogen (secondary N) is 1. The third kappa shape index (κ3) is 3.96. The van der Waals surface area contributed by atoms with Gasteiger partial charge >= 0.3 is 0 Å². The third-order valence-corrected chi connectivity index (χ3v) is 6.59. The molecule has 2 aliphatic heterocycles. The standard InChI is InChI=1S/C23H26FN7O3/c1-31(17-9-13-5-7-15(27-13)20(17)24)19-11-25-21(30-29-19)14-6-4-12(8-18(14)32)16-10-26-22(33-2)23(28-16)34-3/h4,6,8,10-11,13,15,17,20,27,32H,5,7,9H2,1-3H3/t13-,15-,17+,20-/m0/s1. The zero-order valence-corrected chi connectivity index (χ0v) is 19.1. The summed E-state index contributed by atoms with van der Waals surface area (Å²) in [5, 5.41) is 22.4. The molecular formula is C23H26FN7O3. The van der Waals surface area contributed by atoms with E-state index in [4.69, 9.17) is 9.47 Å². The first-order chi connectivity index (χ1) is 16.5. The van der Waals surface area contributed by atoms with Crippen molar-refractivity contribution in [1.29, 1.82) is 0 Å². The number of alkyl halides is 1. The molecule has 178 valence electrons. The summed E-state index contributed by atoms with van der Waals surface area (Å²) in [4.78, 5) is 14.7. The van der Waals surface area contributed by atoms with Crippen LogP contribution >= 0.6 is 0 Å². The van der Waals surface area contributed by atoms with E-state index in [-0.39, 0.29) is 35.4 Å². The van der Waals surface area contributed by atoms with Crippen molar-refractivity contribution < 1.29 is 19.0 Å². The predicted molar refractivity (Wildman–Crippen MR) is 123 cm³/mol. The molecule has 0 aliphatic carbocycles. The molecule has 2 bridgehead atoms. The van der Waals surface area contributed by atoms with Crippen LogP contribution in [0.5, 0.6) is 17.5 Å². The van der Waals surface area contributed by atoms with Crippen LogP contribution in [0.4, 0.5) is 10.2 Å². The fraction of sp³-hybridized carbons (Fsp3) is 0.435. The molecular weight excluding hydrogens is 441 g/mol. The topological polar surface area (TPSA) is 118 Å². The smallest absolute Gasteiger partial charge is 0.278 e. The molecule has 2 aliphatic rings. The Morgan fingerprint density at radius 2 is 1.91 bits per heavy atom. The van der Waals surface area contributed by atoms with Crippen LogP contribution in [-0.2, 0) is 0 Å². The van der Waals surface area contributed by atoms with E-state index in [1.54, 1.807) is 24.4 Å². The first-order valence-electron chi connectivity index (χ1n) is 11.1. The number of nitrogens with zero attached hydrogens (tertiary/aromatic N) is 6. The minimum atomic E-state index is -0.971. The van der Waals surface area contributed by atoms with Crippen LogP contribution in [-0.4, -0.2) is 75.8 Å². The van der Waals surface area contributed by atoms with Crippen molar-refractivity contribution in [3.8, 4) is 40.2 Å². The molecule has 0 spiro atoms. The number of phenols is 1. The van der Waals surface area contributed by atoms with Crippen LogP contribution in [0.1, 0.15) is 19.3 Å². The number of fused-ring (bicyclic) bond motifs is 2. The number of hydrogen-bond acceptors (Lipinski definition) is 10. The maximum absolute atomic E-state index is 14.9. The van der Waals surface area contributed by atoms with Crippen molar-refractivity contribution in [3.05, 3.63) is 30.6 Å². The average molecular weight is 468 g/mol. The molecule has 5 rings (SSSR count). The second kappa shape index (κ2) is 8.98. The van der Waals surface area contributed by atoms with E-state index in [9.17, 15) is 9.50 Å². The summed E-state index contributed by atoms with van der Waals surface area (Å²) in [5.74, 6) is 1.24. The van der Waals surface area contributed by atoms with E-state index in [1.165, 1.54) is 20.4 Å². The molecule has 10 nitrogen and oxygen atoms in total. The summed E-state index contributed by atoms with van der Waals surface area (Å²) in [6.07, 6.45) is 4.71. The Morgan fingerprint density at radius 1 is 1.09 bits per heavy atom. The predicted octanol–water partition coefficient (Wildman–Crippen LogP) is 2.39. The molecule has 0 amide bonds. The summed E-state index contributed by atoms with van der Waals surface area (Å²) in [5.41, 5.74) is 1.56.